The van der Waals surface area contributed by atoms with Crippen LogP contribution in [-0.4, -0.2) is 158 Å². The van der Waals surface area contributed by atoms with Gasteiger partial charge in [-0.05, 0) is 159 Å². The molecule has 18 nitrogen and oxygen atoms in total. The third-order valence-corrected chi connectivity index (χ3v) is 16.8. The van der Waals surface area contributed by atoms with E-state index < -0.39 is 20.0 Å². The van der Waals surface area contributed by atoms with Crippen molar-refractivity contribution in [1.82, 2.24) is 40.5 Å². The number of nitrogens with zero attached hydrogens (tertiary/aromatic N) is 2. The predicted octanol–water partition coefficient (Wildman–Crippen LogP) is 6.08. The van der Waals surface area contributed by atoms with Crippen molar-refractivity contribution in [2.24, 2.45) is 0 Å². The van der Waals surface area contributed by atoms with Crippen molar-refractivity contribution < 1.29 is 45.4 Å². The molecule has 6 N–H and O–H groups in total. The number of sulfonamides is 2. The van der Waals surface area contributed by atoms with E-state index in [-0.39, 0.29) is 99.6 Å². The highest BCUT2D eigenvalue weighted by Gasteiger charge is 2.30. The largest absolute Gasteiger partial charge is 0.378 e. The van der Waals surface area contributed by atoms with Crippen LogP contribution in [0.4, 0.5) is 9.59 Å². The Kier molecular flexibility index (Phi) is 23.6. The number of hydrogen-bond donors (Lipinski definition) is 6. The summed E-state index contributed by atoms with van der Waals surface area (Å²) < 4.78 is 80.5. The fourth-order valence-electron chi connectivity index (χ4n) is 9.55. The summed E-state index contributed by atoms with van der Waals surface area (Å²) in [5.74, 6) is -0.0285. The molecule has 2 aliphatic rings. The van der Waals surface area contributed by atoms with Crippen molar-refractivity contribution in [3.8, 4) is 0 Å². The molecule has 2 unspecified atom stereocenters. The summed E-state index contributed by atoms with van der Waals surface area (Å²) >= 11 is 12.9. The Bertz CT molecular complexity index is 2640. The maximum absolute atomic E-state index is 13.3. The third-order valence-electron chi connectivity index (χ3n) is 13.5. The summed E-state index contributed by atoms with van der Waals surface area (Å²) in [5.41, 5.74) is 10.9. The number of likely N-dealkylation sites (N-methyl/N-ethyl adjacent to an activating group) is 2. The van der Waals surface area contributed by atoms with Gasteiger partial charge in [0.15, 0.2) is 0 Å². The SMILES string of the molecule is Cc1ccc(S(=O)(=O)NCCOCCOCCNC(=O)NCCCCNC(=O)NCCOCCOCCNS(=O)(=O)c2ccc(C)c(C3CN(C)Cc4c(C)cc(Cl)cc43)c2)cc1C1CN(C)Cc2c(C)cc(Cl)cc21. The van der Waals surface area contributed by atoms with Crippen molar-refractivity contribution in [2.45, 2.75) is 75.3 Å². The minimum absolute atomic E-state index is 0.0143. The molecule has 2 atom stereocenters. The zero-order valence-electron chi connectivity index (χ0n) is 44.6. The Morgan fingerprint density at radius 2 is 0.842 bits per heavy atom. The summed E-state index contributed by atoms with van der Waals surface area (Å²) in [6, 6.07) is 17.8. The number of carbonyl (C=O) groups is 2. The number of aryl methyl sites for hydroxylation is 4. The van der Waals surface area contributed by atoms with Crippen LogP contribution in [0.15, 0.2) is 70.5 Å². The zero-order chi connectivity index (χ0) is 54.8. The number of fused-ring (bicyclic) bond motifs is 2. The fourth-order valence-corrected chi connectivity index (χ4v) is 12.2. The maximum Gasteiger partial charge on any atom is 0.314 e. The van der Waals surface area contributed by atoms with E-state index in [1.165, 1.54) is 11.1 Å². The molecule has 4 aromatic carbocycles. The molecule has 0 aliphatic carbocycles. The van der Waals surface area contributed by atoms with Crippen LogP contribution >= 0.6 is 23.2 Å². The zero-order valence-corrected chi connectivity index (χ0v) is 47.8. The highest BCUT2D eigenvalue weighted by molar-refractivity contribution is 7.89. The van der Waals surface area contributed by atoms with Gasteiger partial charge in [-0.3, -0.25) is 0 Å². The molecule has 22 heteroatoms. The molecule has 4 aromatic rings. The van der Waals surface area contributed by atoms with Crippen LogP contribution in [0.25, 0.3) is 0 Å². The van der Waals surface area contributed by atoms with Gasteiger partial charge in [0.1, 0.15) is 0 Å². The van der Waals surface area contributed by atoms with Crippen LogP contribution in [-0.2, 0) is 52.1 Å². The summed E-state index contributed by atoms with van der Waals surface area (Å²) in [7, 11) is -3.43. The minimum atomic E-state index is -3.78. The molecule has 0 saturated heterocycles. The Labute approximate surface area is 459 Å². The number of hydrogen-bond acceptors (Lipinski definition) is 12. The van der Waals surface area contributed by atoms with E-state index in [9.17, 15) is 26.4 Å². The van der Waals surface area contributed by atoms with Crippen molar-refractivity contribution in [3.63, 3.8) is 0 Å². The van der Waals surface area contributed by atoms with Gasteiger partial charge < -0.3 is 50.0 Å². The molecule has 0 spiro atoms. The van der Waals surface area contributed by atoms with E-state index in [2.05, 4.69) is 68.5 Å². The quantitative estimate of drug-likeness (QED) is 0.0341. The van der Waals surface area contributed by atoms with Crippen LogP contribution in [0.2, 0.25) is 10.0 Å². The summed E-state index contributed by atoms with van der Waals surface area (Å²) in [6.07, 6.45) is 1.32. The second-order valence-electron chi connectivity index (χ2n) is 19.4. The number of unbranched alkanes of at least 4 members (excludes halogenated alkanes) is 1. The molecule has 76 heavy (non-hydrogen) atoms. The molecule has 6 rings (SSSR count). The molecule has 0 fully saturated rings. The Morgan fingerprint density at radius 3 is 1.22 bits per heavy atom. The van der Waals surface area contributed by atoms with E-state index in [4.69, 9.17) is 42.1 Å². The third kappa shape index (κ3) is 18.1. The number of benzene rings is 4. The first-order valence-corrected chi connectivity index (χ1v) is 29.5. The molecule has 0 aromatic heterocycles. The first kappa shape index (κ1) is 60.8. The van der Waals surface area contributed by atoms with Gasteiger partial charge in [-0.25, -0.2) is 35.9 Å². The van der Waals surface area contributed by atoms with Crippen LogP contribution in [0.1, 0.15) is 80.3 Å². The summed E-state index contributed by atoms with van der Waals surface area (Å²) in [4.78, 5) is 29.2. The van der Waals surface area contributed by atoms with Crippen molar-refractivity contribution in [3.05, 3.63) is 126 Å². The molecule has 2 heterocycles. The fraction of sp³-hybridized carbons (Fsp3) is 0.519. The first-order chi connectivity index (χ1) is 36.3. The van der Waals surface area contributed by atoms with Gasteiger partial charge in [0, 0.05) is 87.3 Å². The van der Waals surface area contributed by atoms with Gasteiger partial charge in [-0.1, -0.05) is 35.3 Å². The number of nitrogens with one attached hydrogen (secondary N) is 6. The normalized spacial score (nSPS) is 16.0. The summed E-state index contributed by atoms with van der Waals surface area (Å²) in [6.45, 7) is 14.8. The Balaban J connectivity index is 0.719. The lowest BCUT2D eigenvalue weighted by Crippen LogP contribution is -2.39. The Hall–Kier alpha value is -4.42. The van der Waals surface area contributed by atoms with Gasteiger partial charge in [-0.15, -0.1) is 0 Å². The van der Waals surface area contributed by atoms with Crippen LogP contribution in [0.3, 0.4) is 0 Å². The molecular weight excluding hydrogens is 1060 g/mol. The number of urea groups is 2. The molecule has 4 amide bonds. The Morgan fingerprint density at radius 1 is 0.487 bits per heavy atom. The lowest BCUT2D eigenvalue weighted by molar-refractivity contribution is 0.0516. The van der Waals surface area contributed by atoms with Crippen LogP contribution < -0.4 is 30.7 Å². The maximum atomic E-state index is 13.3. The van der Waals surface area contributed by atoms with E-state index in [1.54, 1.807) is 24.3 Å². The topological polar surface area (TPSA) is 218 Å². The molecule has 418 valence electrons. The van der Waals surface area contributed by atoms with E-state index >= 15 is 0 Å². The molecular formula is C54H76Cl2N8O10S2. The number of carbonyl (C=O) groups excluding carboxylic acids is 2. The molecule has 0 bridgehead atoms. The highest BCUT2D eigenvalue weighted by Crippen LogP contribution is 2.40. The van der Waals surface area contributed by atoms with Crippen molar-refractivity contribution in [1.29, 1.82) is 0 Å². The first-order valence-electron chi connectivity index (χ1n) is 25.8. The smallest absolute Gasteiger partial charge is 0.314 e. The molecule has 0 radical (unpaired) electrons. The van der Waals surface area contributed by atoms with Crippen LogP contribution in [0.5, 0.6) is 0 Å². The molecule has 2 aliphatic heterocycles. The molecule has 0 saturated carbocycles. The van der Waals surface area contributed by atoms with Gasteiger partial charge in [0.05, 0.1) is 62.6 Å². The summed E-state index contributed by atoms with van der Waals surface area (Å²) in [5, 5.41) is 12.3. The lowest BCUT2D eigenvalue weighted by Gasteiger charge is -2.34. The highest BCUT2D eigenvalue weighted by atomic mass is 35.5. The van der Waals surface area contributed by atoms with E-state index in [1.807, 2.05) is 50.2 Å². The number of halogens is 2. The van der Waals surface area contributed by atoms with E-state index in [0.29, 0.717) is 49.1 Å². The van der Waals surface area contributed by atoms with Gasteiger partial charge in [0.25, 0.3) is 0 Å². The monoisotopic (exact) mass is 1130 g/mol. The van der Waals surface area contributed by atoms with Crippen LogP contribution in [0, 0.1) is 27.7 Å². The number of rotatable bonds is 29. The average Bonchev–Trinajstić information content (AvgIpc) is 3.36. The number of amides is 4. The van der Waals surface area contributed by atoms with E-state index in [0.717, 1.165) is 70.7 Å². The van der Waals surface area contributed by atoms with Gasteiger partial charge in [0.2, 0.25) is 20.0 Å². The van der Waals surface area contributed by atoms with Crippen molar-refractivity contribution in [2.75, 3.05) is 119 Å². The lowest BCUT2D eigenvalue weighted by atomic mass is 9.81. The second-order valence-corrected chi connectivity index (χ2v) is 23.8. The number of ether oxygens (including phenoxy) is 4. The minimum Gasteiger partial charge on any atom is -0.378 e. The second kappa shape index (κ2) is 29.5. The predicted molar refractivity (Wildman–Crippen MR) is 297 cm³/mol. The average molecular weight is 1130 g/mol. The van der Waals surface area contributed by atoms with Gasteiger partial charge >= 0.3 is 12.1 Å². The standard InChI is InChI=1S/C54H76Cl2N8O10S2/c1-37-9-11-43(31-45(37)51-35-63(5)33-49-39(3)27-41(55)29-47(49)51)75(67,68)61-17-21-73-25-23-71-19-15-59-53(65)57-13-7-8-14-58-54(66)60-16-20-72-24-26-74-22-18-62-76(69,70)44-12-10-38(2)46(32-44)52-36-64(6)34-50-40(4)28-42(56)30-48(50)52/h9-12,27-32,51-52,61-62H,7-8,13-26,33-36H2,1-6H3,(H2,57,59,65)(H2,58,60,66). The van der Waals surface area contributed by atoms with Gasteiger partial charge in [-0.2, -0.15) is 0 Å². The van der Waals surface area contributed by atoms with Crippen molar-refractivity contribution >= 4 is 55.3 Å².